The second-order valence-electron chi connectivity index (χ2n) is 7.46. The molecule has 0 radical (unpaired) electrons. The number of allylic oxidation sites excluding steroid dienone is 1. The Morgan fingerprint density at radius 3 is 2.07 bits per heavy atom. The number of Topliss-reactive ketones (excluding diaryl/α,β-unsaturated/α-hetero) is 1. The quantitative estimate of drug-likeness (QED) is 0.309. The lowest BCUT2D eigenvalue weighted by molar-refractivity contribution is 0.102. The number of aromatic nitrogens is 1. The molecule has 3 aromatic carbocycles. The first-order valence-corrected chi connectivity index (χ1v) is 9.79. The zero-order valence-corrected chi connectivity index (χ0v) is 17.0. The molecule has 4 rings (SSSR count). The summed E-state index contributed by atoms with van der Waals surface area (Å²) in [6.45, 7) is 10.3. The summed E-state index contributed by atoms with van der Waals surface area (Å²) in [5, 5.41) is 1.96. The zero-order valence-electron chi connectivity index (χ0n) is 17.0. The Hall–Kier alpha value is -3.46. The molecule has 0 aliphatic heterocycles. The molecule has 0 saturated heterocycles. The van der Waals surface area contributed by atoms with Gasteiger partial charge in [-0.1, -0.05) is 30.8 Å². The van der Waals surface area contributed by atoms with E-state index in [0.717, 1.165) is 33.9 Å². The van der Waals surface area contributed by atoms with Crippen LogP contribution in [-0.4, -0.2) is 16.1 Å². The van der Waals surface area contributed by atoms with Gasteiger partial charge in [0.15, 0.2) is 11.6 Å². The van der Waals surface area contributed by atoms with E-state index in [1.807, 2.05) is 67.6 Å². The van der Waals surface area contributed by atoms with E-state index in [0.29, 0.717) is 22.3 Å². The van der Waals surface area contributed by atoms with Crippen molar-refractivity contribution in [3.63, 3.8) is 0 Å². The van der Waals surface area contributed by atoms with Gasteiger partial charge in [-0.05, 0) is 68.3 Å². The number of rotatable bonds is 5. The number of fused-ring (bicyclic) bond motifs is 3. The van der Waals surface area contributed by atoms with Crippen molar-refractivity contribution < 1.29 is 9.59 Å². The topological polar surface area (TPSA) is 39.1 Å². The van der Waals surface area contributed by atoms with Crippen LogP contribution in [0.25, 0.3) is 21.8 Å². The van der Waals surface area contributed by atoms with Crippen LogP contribution in [0.2, 0.25) is 0 Å². The number of hydrogen-bond acceptors (Lipinski definition) is 2. The Balaban J connectivity index is 1.95. The number of nitrogens with zero attached hydrogens (tertiary/aromatic N) is 1. The van der Waals surface area contributed by atoms with Gasteiger partial charge in [-0.15, -0.1) is 0 Å². The minimum Gasteiger partial charge on any atom is -0.341 e. The van der Waals surface area contributed by atoms with E-state index in [-0.39, 0.29) is 11.6 Å². The molecule has 4 aromatic rings. The van der Waals surface area contributed by atoms with Crippen molar-refractivity contribution >= 4 is 33.4 Å². The van der Waals surface area contributed by atoms with Crippen molar-refractivity contribution in [2.45, 2.75) is 27.3 Å². The molecule has 29 heavy (non-hydrogen) atoms. The molecule has 0 aliphatic rings. The Morgan fingerprint density at radius 2 is 1.48 bits per heavy atom. The lowest BCUT2D eigenvalue weighted by atomic mass is 9.97. The maximum absolute atomic E-state index is 13.1. The van der Waals surface area contributed by atoms with E-state index in [1.165, 1.54) is 0 Å². The van der Waals surface area contributed by atoms with E-state index < -0.39 is 0 Å². The van der Waals surface area contributed by atoms with Crippen molar-refractivity contribution in [1.82, 2.24) is 4.57 Å². The minimum absolute atomic E-state index is 0.0107. The maximum atomic E-state index is 13.1. The number of hydrogen-bond donors (Lipinski definition) is 0. The summed E-state index contributed by atoms with van der Waals surface area (Å²) in [5.74, 6) is -0.0481. The van der Waals surface area contributed by atoms with Crippen LogP contribution < -0.4 is 0 Å². The molecular weight excluding hydrogens is 358 g/mol. The molecule has 3 heteroatoms. The van der Waals surface area contributed by atoms with Crippen LogP contribution in [0.1, 0.15) is 45.7 Å². The highest BCUT2D eigenvalue weighted by Crippen LogP contribution is 2.32. The van der Waals surface area contributed by atoms with Crippen LogP contribution >= 0.6 is 0 Å². The fraction of sp³-hybridized carbons (Fsp3) is 0.154. The molecule has 0 N–H and O–H groups in total. The second kappa shape index (κ2) is 7.17. The smallest absolute Gasteiger partial charge is 0.193 e. The first-order valence-electron chi connectivity index (χ1n) is 9.79. The molecule has 0 spiro atoms. The van der Waals surface area contributed by atoms with Gasteiger partial charge in [0, 0.05) is 45.0 Å². The van der Waals surface area contributed by atoms with Crippen molar-refractivity contribution in [3.05, 3.63) is 95.1 Å². The lowest BCUT2D eigenvalue weighted by Gasteiger charge is -2.06. The summed E-state index contributed by atoms with van der Waals surface area (Å²) < 4.78 is 2.21. The molecule has 0 atom stereocenters. The van der Waals surface area contributed by atoms with Gasteiger partial charge in [0.25, 0.3) is 0 Å². The molecule has 144 valence electrons. The largest absolute Gasteiger partial charge is 0.341 e. The maximum Gasteiger partial charge on any atom is 0.193 e. The predicted molar refractivity (Wildman–Crippen MR) is 119 cm³/mol. The predicted octanol–water partition coefficient (Wildman–Crippen LogP) is 6.11. The molecule has 0 saturated carbocycles. The first-order chi connectivity index (χ1) is 13.9. The van der Waals surface area contributed by atoms with Crippen LogP contribution in [-0.2, 0) is 6.54 Å². The standard InChI is InChI=1S/C26H23NO2/c1-5-27-23-12-10-18(25(28)16(2)3)14-21(23)22-15-19(11-13-24(22)27)26(29)20-9-7-6-8-17(20)4/h6-15H,2,5H2,1,3-4H3. The fourth-order valence-corrected chi connectivity index (χ4v) is 3.96. The van der Waals surface area contributed by atoms with Gasteiger partial charge in [-0.2, -0.15) is 0 Å². The molecule has 0 bridgehead atoms. The van der Waals surface area contributed by atoms with Crippen LogP contribution in [0.15, 0.2) is 72.8 Å². The minimum atomic E-state index is -0.0589. The molecular formula is C26H23NO2. The summed E-state index contributed by atoms with van der Waals surface area (Å²) in [6, 6.07) is 19.2. The van der Waals surface area contributed by atoms with Crippen molar-refractivity contribution in [2.75, 3.05) is 0 Å². The third-order valence-corrected chi connectivity index (χ3v) is 5.48. The molecule has 0 unspecified atom stereocenters. The Morgan fingerprint density at radius 1 is 0.897 bits per heavy atom. The number of carbonyl (C=O) groups excluding carboxylic acids is 2. The van der Waals surface area contributed by atoms with Crippen LogP contribution in [0.4, 0.5) is 0 Å². The first kappa shape index (κ1) is 18.9. The molecule has 0 amide bonds. The van der Waals surface area contributed by atoms with Gasteiger partial charge in [0.1, 0.15) is 0 Å². The van der Waals surface area contributed by atoms with E-state index in [4.69, 9.17) is 0 Å². The number of aryl methyl sites for hydroxylation is 2. The molecule has 1 heterocycles. The monoisotopic (exact) mass is 381 g/mol. The van der Waals surface area contributed by atoms with Gasteiger partial charge in [0.2, 0.25) is 0 Å². The van der Waals surface area contributed by atoms with Crippen molar-refractivity contribution in [3.8, 4) is 0 Å². The Kier molecular flexibility index (Phi) is 4.67. The van der Waals surface area contributed by atoms with E-state index in [2.05, 4.69) is 18.1 Å². The highest BCUT2D eigenvalue weighted by molar-refractivity contribution is 6.17. The average Bonchev–Trinajstić information content (AvgIpc) is 3.05. The number of carbonyl (C=O) groups is 2. The van der Waals surface area contributed by atoms with Gasteiger partial charge in [-0.25, -0.2) is 0 Å². The molecule has 0 aliphatic carbocycles. The van der Waals surface area contributed by atoms with E-state index >= 15 is 0 Å². The Labute approximate surface area is 170 Å². The van der Waals surface area contributed by atoms with E-state index in [9.17, 15) is 9.59 Å². The summed E-state index contributed by atoms with van der Waals surface area (Å²) in [4.78, 5) is 25.6. The fourth-order valence-electron chi connectivity index (χ4n) is 3.96. The summed E-state index contributed by atoms with van der Waals surface area (Å²) >= 11 is 0. The summed E-state index contributed by atoms with van der Waals surface area (Å²) in [7, 11) is 0. The third kappa shape index (κ3) is 3.09. The van der Waals surface area contributed by atoms with Gasteiger partial charge >= 0.3 is 0 Å². The van der Waals surface area contributed by atoms with Crippen molar-refractivity contribution in [2.24, 2.45) is 0 Å². The average molecular weight is 381 g/mol. The number of benzene rings is 3. The highest BCUT2D eigenvalue weighted by Gasteiger charge is 2.17. The molecule has 1 aromatic heterocycles. The molecule has 0 fully saturated rings. The van der Waals surface area contributed by atoms with Gasteiger partial charge in [0.05, 0.1) is 0 Å². The second-order valence-corrected chi connectivity index (χ2v) is 7.46. The lowest BCUT2D eigenvalue weighted by Crippen LogP contribution is -2.03. The summed E-state index contributed by atoms with van der Waals surface area (Å²) in [6.07, 6.45) is 0. The van der Waals surface area contributed by atoms with Crippen LogP contribution in [0.3, 0.4) is 0 Å². The Bertz CT molecular complexity index is 1310. The van der Waals surface area contributed by atoms with Gasteiger partial charge < -0.3 is 4.57 Å². The molecule has 3 nitrogen and oxygen atoms in total. The third-order valence-electron chi connectivity index (χ3n) is 5.48. The van der Waals surface area contributed by atoms with Crippen LogP contribution in [0, 0.1) is 6.92 Å². The zero-order chi connectivity index (χ0) is 20.7. The van der Waals surface area contributed by atoms with Crippen molar-refractivity contribution in [1.29, 1.82) is 0 Å². The van der Waals surface area contributed by atoms with E-state index in [1.54, 1.807) is 6.92 Å². The normalized spacial score (nSPS) is 11.1. The number of ketones is 2. The summed E-state index contributed by atoms with van der Waals surface area (Å²) in [5.41, 5.74) is 5.57. The van der Waals surface area contributed by atoms with Crippen LogP contribution in [0.5, 0.6) is 0 Å². The van der Waals surface area contributed by atoms with Gasteiger partial charge in [-0.3, -0.25) is 9.59 Å². The highest BCUT2D eigenvalue weighted by atomic mass is 16.1. The SMILES string of the molecule is C=C(C)C(=O)c1ccc2c(c1)c1cc(C(=O)c3ccccc3C)ccc1n2CC.